The number of halogens is 1. The molecule has 0 aromatic heterocycles. The van der Waals surface area contributed by atoms with Crippen LogP contribution in [0, 0.1) is 11.3 Å². The molecule has 5 rings (SSSR count). The number of rotatable bonds is 6. The minimum absolute atomic E-state index is 0.00520. The zero-order valence-electron chi connectivity index (χ0n) is 24.2. The van der Waals surface area contributed by atoms with Crippen molar-refractivity contribution in [2.24, 2.45) is 22.8 Å². The third-order valence-corrected chi connectivity index (χ3v) is 10.8. The van der Waals surface area contributed by atoms with Gasteiger partial charge < -0.3 is 27.0 Å². The molecule has 10 heteroatoms. The number of hydrogen-bond acceptors (Lipinski definition) is 7. The van der Waals surface area contributed by atoms with Crippen molar-refractivity contribution in [1.82, 2.24) is 25.3 Å². The van der Waals surface area contributed by atoms with Crippen LogP contribution in [0.2, 0.25) is 0 Å². The van der Waals surface area contributed by atoms with Crippen LogP contribution in [0.5, 0.6) is 0 Å². The van der Waals surface area contributed by atoms with Gasteiger partial charge in [-0.05, 0) is 44.7 Å². The molecular formula is C29H52ClN8O+. The number of nitrogens with two attached hydrogens (primary N) is 2. The van der Waals surface area contributed by atoms with Crippen LogP contribution in [-0.4, -0.2) is 128 Å². The van der Waals surface area contributed by atoms with Crippen molar-refractivity contribution in [2.75, 3.05) is 66.0 Å². The van der Waals surface area contributed by atoms with Gasteiger partial charge in [0.1, 0.15) is 12.5 Å². The quantitative estimate of drug-likeness (QED) is 0.277. The fraction of sp³-hybridized carbons (Fsp3) is 0.862. The molecule has 0 saturated carbocycles. The number of nitrogens with zero attached hydrogens (tertiary/aromatic N) is 4. The molecule has 4 fully saturated rings. The van der Waals surface area contributed by atoms with E-state index in [1.54, 1.807) is 0 Å². The molecule has 5 aliphatic rings. The Bertz CT molecular complexity index is 927. The molecule has 0 aliphatic carbocycles. The van der Waals surface area contributed by atoms with Crippen molar-refractivity contribution in [2.45, 2.75) is 82.2 Å². The maximum Gasteiger partial charge on any atom is 0.233 e. The van der Waals surface area contributed by atoms with Crippen LogP contribution in [0.3, 0.4) is 0 Å². The number of allylic oxidation sites excluding steroid dienone is 2. The van der Waals surface area contributed by atoms with Crippen LogP contribution in [-0.2, 0) is 4.79 Å². The van der Waals surface area contributed by atoms with Crippen molar-refractivity contribution >= 4 is 23.7 Å². The molecule has 6 unspecified atom stereocenters. The average molecular weight is 564 g/mol. The predicted octanol–water partition coefficient (Wildman–Crippen LogP) is 0.573. The van der Waals surface area contributed by atoms with E-state index in [1.807, 2.05) is 6.21 Å². The lowest BCUT2D eigenvalue weighted by Crippen LogP contribution is -2.68. The highest BCUT2D eigenvalue weighted by molar-refractivity contribution is 6.38. The van der Waals surface area contributed by atoms with E-state index in [9.17, 15) is 4.79 Å². The van der Waals surface area contributed by atoms with E-state index in [0.29, 0.717) is 12.1 Å². The highest BCUT2D eigenvalue weighted by Gasteiger charge is 2.48. The smallest absolute Gasteiger partial charge is 0.233 e. The van der Waals surface area contributed by atoms with Crippen molar-refractivity contribution in [3.63, 3.8) is 0 Å². The van der Waals surface area contributed by atoms with Crippen LogP contribution in [0.25, 0.3) is 0 Å². The molecule has 39 heavy (non-hydrogen) atoms. The lowest BCUT2D eigenvalue weighted by molar-refractivity contribution is -0.568. The van der Waals surface area contributed by atoms with Crippen LogP contribution >= 0.6 is 11.6 Å². The Morgan fingerprint density at radius 3 is 2.82 bits per heavy atom. The number of fused-ring (bicyclic) bond motifs is 4. The predicted molar refractivity (Wildman–Crippen MR) is 158 cm³/mol. The summed E-state index contributed by atoms with van der Waals surface area (Å²) in [6.45, 7) is 11.6. The Morgan fingerprint density at radius 1 is 1.23 bits per heavy atom. The summed E-state index contributed by atoms with van der Waals surface area (Å²) in [4.78, 5) is 21.9. The van der Waals surface area contributed by atoms with E-state index >= 15 is 0 Å². The van der Waals surface area contributed by atoms with Crippen LogP contribution in [0.1, 0.15) is 51.9 Å². The van der Waals surface area contributed by atoms with Crippen molar-refractivity contribution in [1.29, 1.82) is 0 Å². The van der Waals surface area contributed by atoms with Gasteiger partial charge in [0.15, 0.2) is 12.3 Å². The molecule has 0 aromatic rings. The van der Waals surface area contributed by atoms with E-state index in [4.69, 9.17) is 23.1 Å². The molecule has 0 radical (unpaired) electrons. The Hall–Kier alpha value is -1.07. The number of amides is 1. The minimum Gasteiger partial charge on any atom is -0.350 e. The summed E-state index contributed by atoms with van der Waals surface area (Å²) in [5.74, 6) is -0.506. The van der Waals surface area contributed by atoms with Gasteiger partial charge in [0, 0.05) is 70.7 Å². The summed E-state index contributed by atoms with van der Waals surface area (Å²) < 4.78 is 2.29. The van der Waals surface area contributed by atoms with E-state index in [0.717, 1.165) is 102 Å². The summed E-state index contributed by atoms with van der Waals surface area (Å²) in [7, 11) is 2.23. The summed E-state index contributed by atoms with van der Waals surface area (Å²) in [5.41, 5.74) is 13.1. The first-order chi connectivity index (χ1) is 18.8. The molecule has 0 aromatic carbocycles. The van der Waals surface area contributed by atoms with Gasteiger partial charge in [-0.15, -0.1) is 0 Å². The van der Waals surface area contributed by atoms with E-state index in [1.165, 1.54) is 6.42 Å². The fourth-order valence-corrected chi connectivity index (χ4v) is 8.40. The standard InChI is InChI=1S/C29H51ClN8O/c1-3-29-8-4-6-21(30)18-37(11-5-9-29)25(16-29)26(27(31)32)28(39)34-23-17-33-10-7-24(23)38-15-14-36-13-12-35(2)19-22(36)20-38/h6,18,22-27,33H,3-5,7-17,19-20,31-32H2,1-2H3/p+1. The average Bonchev–Trinajstić information content (AvgIpc) is 3.04. The molecule has 6 N–H and O–H groups in total. The fourth-order valence-electron chi connectivity index (χ4n) is 8.16. The Balaban J connectivity index is 1.34. The van der Waals surface area contributed by atoms with Gasteiger partial charge >= 0.3 is 0 Å². The first kappa shape index (κ1) is 29.4. The van der Waals surface area contributed by atoms with E-state index in [-0.39, 0.29) is 23.4 Å². The Labute approximate surface area is 240 Å². The van der Waals surface area contributed by atoms with Crippen LogP contribution in [0.15, 0.2) is 11.1 Å². The summed E-state index contributed by atoms with van der Waals surface area (Å²) in [6.07, 6.45) is 10.8. The highest BCUT2D eigenvalue weighted by Crippen LogP contribution is 2.43. The number of piperidine rings is 1. The van der Waals surface area contributed by atoms with Gasteiger partial charge in [-0.25, -0.2) is 4.58 Å². The van der Waals surface area contributed by atoms with E-state index in [2.05, 4.69) is 50.0 Å². The maximum atomic E-state index is 14.2. The lowest BCUT2D eigenvalue weighted by atomic mass is 9.71. The molecule has 5 aliphatic heterocycles. The van der Waals surface area contributed by atoms with Gasteiger partial charge in [0.25, 0.3) is 0 Å². The summed E-state index contributed by atoms with van der Waals surface area (Å²) in [5, 5.41) is 7.78. The van der Waals surface area contributed by atoms with Crippen LogP contribution in [0.4, 0.5) is 0 Å². The summed E-state index contributed by atoms with van der Waals surface area (Å²) in [6, 6.07) is 0.867. The number of carbonyl (C=O) groups is 1. The van der Waals surface area contributed by atoms with Gasteiger partial charge in [-0.1, -0.05) is 31.0 Å². The van der Waals surface area contributed by atoms with Gasteiger partial charge in [-0.2, -0.15) is 0 Å². The van der Waals surface area contributed by atoms with Gasteiger partial charge in [0.2, 0.25) is 5.91 Å². The minimum atomic E-state index is -0.738. The SMILES string of the molecule is CCC12CCC=C(Cl)C=[N+](CCC1)C(C(C(=O)NC1CNCCC1N1CCN3CCN(C)CC3C1)C(N)N)C2. The molecule has 0 spiro atoms. The second-order valence-electron chi connectivity index (χ2n) is 12.9. The highest BCUT2D eigenvalue weighted by atomic mass is 35.5. The number of likely N-dealkylation sites (N-methyl/N-ethyl adjacent to an activating group) is 1. The molecule has 2 bridgehead atoms. The van der Waals surface area contributed by atoms with Gasteiger partial charge in [-0.3, -0.25) is 14.6 Å². The molecule has 1 amide bonds. The van der Waals surface area contributed by atoms with Gasteiger partial charge in [0.05, 0.1) is 17.2 Å². The second-order valence-corrected chi connectivity index (χ2v) is 13.4. The molecule has 4 saturated heterocycles. The normalized spacial score (nSPS) is 36.2. The molecule has 220 valence electrons. The number of hydrogen-bond donors (Lipinski definition) is 4. The Morgan fingerprint density at radius 2 is 2.03 bits per heavy atom. The first-order valence-electron chi connectivity index (χ1n) is 15.4. The molecule has 9 nitrogen and oxygen atoms in total. The first-order valence-corrected chi connectivity index (χ1v) is 15.8. The van der Waals surface area contributed by atoms with E-state index < -0.39 is 12.1 Å². The largest absolute Gasteiger partial charge is 0.350 e. The molecule has 6 atom stereocenters. The topological polar surface area (TPSA) is 106 Å². The molecule has 5 heterocycles. The maximum absolute atomic E-state index is 14.2. The zero-order valence-corrected chi connectivity index (χ0v) is 24.9. The third-order valence-electron chi connectivity index (χ3n) is 10.5. The lowest BCUT2D eigenvalue weighted by Gasteiger charge is -2.50. The second kappa shape index (κ2) is 12.8. The van der Waals surface area contributed by atoms with Crippen molar-refractivity contribution in [3.05, 3.63) is 11.1 Å². The number of carbonyl (C=O) groups excluding carboxylic acids is 1. The third kappa shape index (κ3) is 6.71. The number of piperazine rings is 2. The number of nitrogens with one attached hydrogen (secondary N) is 2. The van der Waals surface area contributed by atoms with Crippen molar-refractivity contribution in [3.8, 4) is 0 Å². The monoisotopic (exact) mass is 563 g/mol. The summed E-state index contributed by atoms with van der Waals surface area (Å²) >= 11 is 6.63. The molecular weight excluding hydrogens is 512 g/mol. The zero-order chi connectivity index (χ0) is 27.6. The van der Waals surface area contributed by atoms with Crippen LogP contribution < -0.4 is 22.1 Å². The Kier molecular flexibility index (Phi) is 9.69. The van der Waals surface area contributed by atoms with Crippen molar-refractivity contribution < 1.29 is 9.37 Å².